The third-order valence-corrected chi connectivity index (χ3v) is 13.2. The van der Waals surface area contributed by atoms with Gasteiger partial charge in [-0.3, -0.25) is 4.79 Å². The van der Waals surface area contributed by atoms with E-state index in [1.54, 1.807) is 4.90 Å². The Morgan fingerprint density at radius 1 is 1.12 bits per heavy atom. The molecule has 1 amide bonds. The molecule has 2 rings (SSSR count). The van der Waals surface area contributed by atoms with Gasteiger partial charge in [-0.2, -0.15) is 0 Å². The van der Waals surface area contributed by atoms with Gasteiger partial charge in [0.2, 0.25) is 14.2 Å². The molecule has 0 N–H and O–H groups in total. The average molecular weight is 485 g/mol. The van der Waals surface area contributed by atoms with E-state index in [2.05, 4.69) is 51.6 Å². The lowest BCUT2D eigenvalue weighted by Crippen LogP contribution is -2.59. The normalized spacial score (nSPS) is 26.4. The number of ether oxygens (including phenoxy) is 3. The van der Waals surface area contributed by atoms with Crippen molar-refractivity contribution in [3.63, 3.8) is 0 Å². The van der Waals surface area contributed by atoms with E-state index in [-0.39, 0.29) is 28.6 Å². The van der Waals surface area contributed by atoms with Gasteiger partial charge in [0.1, 0.15) is 24.4 Å². The van der Waals surface area contributed by atoms with Crippen LogP contribution in [0.15, 0.2) is 5.11 Å². The molecule has 0 aliphatic carbocycles. The smallest absolute Gasteiger partial charge is 0.234 e. The quantitative estimate of drug-likeness (QED) is 0.127. The molecule has 2 aliphatic rings. The second kappa shape index (κ2) is 11.1. The number of likely N-dealkylation sites (N-methyl/N-ethyl adjacent to an activating group) is 1. The number of carbonyl (C=O) groups is 1. The number of nitrogens with zero attached hydrogens (tertiary/aromatic N) is 4. The number of carbonyl (C=O) groups excluding carboxylic acids is 1. The molecule has 33 heavy (non-hydrogen) atoms. The van der Waals surface area contributed by atoms with Crippen molar-refractivity contribution in [3.05, 3.63) is 10.4 Å². The largest absolute Gasteiger partial charge is 0.409 e. The monoisotopic (exact) mass is 484 g/mol. The van der Waals surface area contributed by atoms with E-state index < -0.39 is 38.5 Å². The molecule has 2 aliphatic heterocycles. The molecule has 0 aromatic heterocycles. The maximum atomic E-state index is 13.6. The van der Waals surface area contributed by atoms with Crippen LogP contribution in [0.25, 0.3) is 10.4 Å². The molecule has 2 heterocycles. The molecule has 0 radical (unpaired) electrons. The Kier molecular flexibility index (Phi) is 9.40. The number of epoxide rings is 1. The van der Waals surface area contributed by atoms with Crippen LogP contribution in [-0.4, -0.2) is 75.1 Å². The fourth-order valence-corrected chi connectivity index (χ4v) is 11.1. The zero-order chi connectivity index (χ0) is 25.1. The molecule has 2 saturated heterocycles. The van der Waals surface area contributed by atoms with Crippen LogP contribution in [0, 0.1) is 0 Å². The van der Waals surface area contributed by atoms with Gasteiger partial charge in [-0.25, -0.2) is 0 Å². The molecule has 9 nitrogen and oxygen atoms in total. The van der Waals surface area contributed by atoms with Gasteiger partial charge < -0.3 is 23.5 Å². The summed E-state index contributed by atoms with van der Waals surface area (Å²) in [5, 5.41) is 4.02. The maximum absolute atomic E-state index is 13.6. The highest BCUT2D eigenvalue weighted by molar-refractivity contribution is 6.77. The molecule has 190 valence electrons. The van der Waals surface area contributed by atoms with E-state index in [0.717, 1.165) is 0 Å². The van der Waals surface area contributed by atoms with Crippen molar-refractivity contribution in [1.29, 1.82) is 0 Å². The lowest BCUT2D eigenvalue weighted by Gasteiger charge is -2.47. The fourth-order valence-electron chi connectivity index (χ4n) is 5.59. The van der Waals surface area contributed by atoms with Crippen molar-refractivity contribution < 1.29 is 23.4 Å². The van der Waals surface area contributed by atoms with Crippen molar-refractivity contribution in [3.8, 4) is 0 Å². The van der Waals surface area contributed by atoms with Crippen LogP contribution in [0.3, 0.4) is 0 Å². The van der Waals surface area contributed by atoms with Crippen molar-refractivity contribution in [2.45, 2.75) is 122 Å². The topological polar surface area (TPSA) is 109 Å². The van der Waals surface area contributed by atoms with Crippen molar-refractivity contribution >= 4 is 14.2 Å². The van der Waals surface area contributed by atoms with Crippen molar-refractivity contribution in [2.24, 2.45) is 5.11 Å². The zero-order valence-corrected chi connectivity index (χ0v) is 23.1. The lowest BCUT2D eigenvalue weighted by atomic mass is 9.98. The van der Waals surface area contributed by atoms with E-state index in [1.165, 1.54) is 0 Å². The van der Waals surface area contributed by atoms with Gasteiger partial charge >= 0.3 is 0 Å². The Bertz CT molecular complexity index is 696. The Hall–Kier alpha value is -1.16. The highest BCUT2D eigenvalue weighted by Crippen LogP contribution is 2.46. The minimum absolute atomic E-state index is 0.119. The Morgan fingerprint density at radius 2 is 1.64 bits per heavy atom. The first-order valence-electron chi connectivity index (χ1n) is 12.3. The third-order valence-electron chi connectivity index (χ3n) is 7.08. The van der Waals surface area contributed by atoms with Crippen LogP contribution in [0.2, 0.25) is 16.6 Å². The first-order chi connectivity index (χ1) is 15.4. The number of azide groups is 1. The molecule has 0 aromatic carbocycles. The summed E-state index contributed by atoms with van der Waals surface area (Å²) in [5.74, 6) is -1.11. The Balaban J connectivity index is 2.64. The second-order valence-corrected chi connectivity index (χ2v) is 15.9. The van der Waals surface area contributed by atoms with Gasteiger partial charge in [0.05, 0.1) is 12.7 Å². The van der Waals surface area contributed by atoms with Crippen molar-refractivity contribution in [1.82, 2.24) is 4.90 Å². The lowest BCUT2D eigenvalue weighted by molar-refractivity contribution is -0.159. The first kappa shape index (κ1) is 28.1. The van der Waals surface area contributed by atoms with Crippen LogP contribution in [0.1, 0.15) is 69.2 Å². The summed E-state index contributed by atoms with van der Waals surface area (Å²) in [6.07, 6.45) is -1.88. The zero-order valence-electron chi connectivity index (χ0n) is 22.1. The summed E-state index contributed by atoms with van der Waals surface area (Å²) in [5.41, 5.74) is 10.3. The molecule has 0 bridgehead atoms. The van der Waals surface area contributed by atoms with E-state index >= 15 is 0 Å². The second-order valence-electron chi connectivity index (χ2n) is 10.5. The number of hydrogen-bond donors (Lipinski definition) is 0. The summed E-state index contributed by atoms with van der Waals surface area (Å²) in [4.78, 5) is 18.4. The molecule has 5 atom stereocenters. The Morgan fingerprint density at radius 3 is 2.03 bits per heavy atom. The predicted molar refractivity (Wildman–Crippen MR) is 130 cm³/mol. The van der Waals surface area contributed by atoms with Gasteiger partial charge in [-0.1, -0.05) is 46.7 Å². The molecule has 0 saturated carbocycles. The van der Waals surface area contributed by atoms with Crippen LogP contribution < -0.4 is 0 Å². The molecule has 2 fully saturated rings. The minimum atomic E-state index is -2.47. The molecular formula is C23H44N4O5Si. The van der Waals surface area contributed by atoms with Crippen LogP contribution in [-0.2, 0) is 23.4 Å². The van der Waals surface area contributed by atoms with Gasteiger partial charge in [-0.15, -0.1) is 0 Å². The number of amides is 1. The van der Waals surface area contributed by atoms with Gasteiger partial charge in [0.25, 0.3) is 0 Å². The first-order valence-corrected chi connectivity index (χ1v) is 14.5. The highest BCUT2D eigenvalue weighted by atomic mass is 28.4. The Labute approximate surface area is 200 Å². The number of rotatable bonds is 12. The summed E-state index contributed by atoms with van der Waals surface area (Å²) in [7, 11) is -2.47. The van der Waals surface area contributed by atoms with Crippen LogP contribution in [0.5, 0.6) is 0 Å². The minimum Gasteiger partial charge on any atom is -0.409 e. The van der Waals surface area contributed by atoms with Gasteiger partial charge in [-0.05, 0) is 49.8 Å². The third kappa shape index (κ3) is 5.92. The summed E-state index contributed by atoms with van der Waals surface area (Å²) in [6.45, 7) is 22.3. The molecule has 0 aromatic rings. The predicted octanol–water partition coefficient (Wildman–Crippen LogP) is 5.01. The van der Waals surface area contributed by atoms with Crippen molar-refractivity contribution in [2.75, 3.05) is 19.7 Å². The standard InChI is InChI=1S/C23H44N4O5Si/c1-11-27(12-2)22(28)18(25-26-24)20(32-33(14(3)4,15(5)6)16(7)8)21-19(17-13-29-17)30-23(9,10)31-21/h14-21H,11-13H2,1-10H3/t17-,18+,19+,20-,21+/m0/s1. The fraction of sp³-hybridized carbons (Fsp3) is 0.957. The van der Waals surface area contributed by atoms with E-state index in [0.29, 0.717) is 19.7 Å². The molecule has 10 heteroatoms. The average Bonchev–Trinajstić information content (AvgIpc) is 3.51. The summed E-state index contributed by atoms with van der Waals surface area (Å²) >= 11 is 0. The molecule has 0 spiro atoms. The summed E-state index contributed by atoms with van der Waals surface area (Å²) in [6, 6.07) is -1.05. The van der Waals surface area contributed by atoms with E-state index in [1.807, 2.05) is 27.7 Å². The maximum Gasteiger partial charge on any atom is 0.234 e. The van der Waals surface area contributed by atoms with E-state index in [4.69, 9.17) is 18.6 Å². The van der Waals surface area contributed by atoms with Crippen LogP contribution >= 0.6 is 0 Å². The SMILES string of the molecule is CCN(CC)C(=O)[C@H](N=[N+]=[N-])[C@H](O[Si](C(C)C)(C(C)C)C(C)C)[C@@H]1OC(C)(C)O[C@@H]1[C@@H]1CO1. The van der Waals surface area contributed by atoms with Crippen LogP contribution in [0.4, 0.5) is 0 Å². The van der Waals surface area contributed by atoms with E-state index in [9.17, 15) is 10.3 Å². The summed E-state index contributed by atoms with van der Waals surface area (Å²) < 4.78 is 25.3. The number of hydrogen-bond acceptors (Lipinski definition) is 6. The van der Waals surface area contributed by atoms with Gasteiger partial charge in [0.15, 0.2) is 5.79 Å². The highest BCUT2D eigenvalue weighted by Gasteiger charge is 2.58. The molecule has 0 unspecified atom stereocenters. The molecular weight excluding hydrogens is 440 g/mol. The van der Waals surface area contributed by atoms with Gasteiger partial charge in [0, 0.05) is 18.0 Å².